The van der Waals surface area contributed by atoms with Gasteiger partial charge in [-0.2, -0.15) is 0 Å². The van der Waals surface area contributed by atoms with Crippen LogP contribution in [-0.2, 0) is 6.42 Å². The SMILES string of the molecule is CCc1cccc(N(C(=N)N(c2cccc3ccccc23)C(C)C)C(C)C)c1. The minimum atomic E-state index is 0.161. The van der Waals surface area contributed by atoms with E-state index in [2.05, 4.69) is 111 Å². The Balaban J connectivity index is 2.10. The maximum absolute atomic E-state index is 9.19. The van der Waals surface area contributed by atoms with Crippen molar-refractivity contribution in [1.82, 2.24) is 0 Å². The summed E-state index contributed by atoms with van der Waals surface area (Å²) >= 11 is 0. The fourth-order valence-corrected chi connectivity index (χ4v) is 3.76. The molecule has 0 heterocycles. The van der Waals surface area contributed by atoms with E-state index >= 15 is 0 Å². The maximum atomic E-state index is 9.19. The molecular weight excluding hydrogens is 342 g/mol. The Bertz CT molecular complexity index is 953. The average molecular weight is 374 g/mol. The second-order valence-electron chi connectivity index (χ2n) is 7.77. The van der Waals surface area contributed by atoms with Gasteiger partial charge < -0.3 is 9.80 Å². The third kappa shape index (κ3) is 3.89. The van der Waals surface area contributed by atoms with Crippen molar-refractivity contribution in [2.45, 2.75) is 53.1 Å². The van der Waals surface area contributed by atoms with Gasteiger partial charge in [0.15, 0.2) is 0 Å². The minimum absolute atomic E-state index is 0.161. The van der Waals surface area contributed by atoms with Crippen LogP contribution in [0.3, 0.4) is 0 Å². The summed E-state index contributed by atoms with van der Waals surface area (Å²) in [6.07, 6.45) is 0.990. The Morgan fingerprint density at radius 1 is 0.821 bits per heavy atom. The van der Waals surface area contributed by atoms with Gasteiger partial charge in [0, 0.05) is 23.2 Å². The third-order valence-electron chi connectivity index (χ3n) is 5.11. The first-order valence-electron chi connectivity index (χ1n) is 10.2. The highest BCUT2D eigenvalue weighted by atomic mass is 15.4. The molecule has 0 aliphatic rings. The molecule has 0 aliphatic heterocycles. The van der Waals surface area contributed by atoms with Gasteiger partial charge in [0.05, 0.1) is 5.69 Å². The molecule has 28 heavy (non-hydrogen) atoms. The fourth-order valence-electron chi connectivity index (χ4n) is 3.76. The predicted octanol–water partition coefficient (Wildman–Crippen LogP) is 6.47. The van der Waals surface area contributed by atoms with Crippen molar-refractivity contribution >= 4 is 28.1 Å². The molecule has 0 amide bonds. The van der Waals surface area contributed by atoms with Crippen LogP contribution in [0.15, 0.2) is 66.7 Å². The fraction of sp³-hybridized carbons (Fsp3) is 0.320. The lowest BCUT2D eigenvalue weighted by Gasteiger charge is -2.38. The van der Waals surface area contributed by atoms with Crippen molar-refractivity contribution in [1.29, 1.82) is 5.41 Å². The van der Waals surface area contributed by atoms with Gasteiger partial charge in [0.1, 0.15) is 0 Å². The Morgan fingerprint density at radius 3 is 2.14 bits per heavy atom. The molecule has 3 nitrogen and oxygen atoms in total. The van der Waals surface area contributed by atoms with E-state index in [1.165, 1.54) is 16.3 Å². The van der Waals surface area contributed by atoms with Gasteiger partial charge in [-0.3, -0.25) is 5.41 Å². The molecule has 0 radical (unpaired) electrons. The molecule has 0 unspecified atom stereocenters. The smallest absolute Gasteiger partial charge is 0.203 e. The number of rotatable bonds is 5. The number of aryl methyl sites for hydroxylation is 1. The van der Waals surface area contributed by atoms with E-state index in [9.17, 15) is 5.41 Å². The van der Waals surface area contributed by atoms with Gasteiger partial charge in [-0.1, -0.05) is 55.5 Å². The number of anilines is 2. The van der Waals surface area contributed by atoms with Gasteiger partial charge in [-0.25, -0.2) is 0 Å². The van der Waals surface area contributed by atoms with Crippen LogP contribution >= 0.6 is 0 Å². The number of hydrogen-bond acceptors (Lipinski definition) is 1. The molecule has 0 saturated carbocycles. The summed E-state index contributed by atoms with van der Waals surface area (Å²) in [7, 11) is 0. The van der Waals surface area contributed by atoms with E-state index in [1.54, 1.807) is 0 Å². The van der Waals surface area contributed by atoms with Crippen molar-refractivity contribution in [2.75, 3.05) is 9.80 Å². The first-order valence-corrected chi connectivity index (χ1v) is 10.2. The molecule has 0 spiro atoms. The van der Waals surface area contributed by atoms with Crippen LogP contribution in [0.5, 0.6) is 0 Å². The lowest BCUT2D eigenvalue weighted by Crippen LogP contribution is -2.50. The first kappa shape index (κ1) is 19.9. The highest BCUT2D eigenvalue weighted by molar-refractivity contribution is 6.10. The standard InChI is InChI=1S/C25H31N3/c1-6-20-11-9-14-22(17-20)27(18(2)3)25(26)28(19(4)5)24-16-10-13-21-12-7-8-15-23(21)24/h7-19,26H,6H2,1-5H3. The molecule has 0 fully saturated rings. The van der Waals surface area contributed by atoms with Crippen molar-refractivity contribution in [3.63, 3.8) is 0 Å². The summed E-state index contributed by atoms with van der Waals surface area (Å²) < 4.78 is 0. The van der Waals surface area contributed by atoms with E-state index in [-0.39, 0.29) is 12.1 Å². The highest BCUT2D eigenvalue weighted by Crippen LogP contribution is 2.30. The summed E-state index contributed by atoms with van der Waals surface area (Å²) in [6, 6.07) is 23.6. The Kier molecular flexibility index (Phi) is 6.03. The minimum Gasteiger partial charge on any atom is -0.310 e. The van der Waals surface area contributed by atoms with Crippen LogP contribution in [0.4, 0.5) is 11.4 Å². The highest BCUT2D eigenvalue weighted by Gasteiger charge is 2.25. The maximum Gasteiger partial charge on any atom is 0.203 e. The van der Waals surface area contributed by atoms with Crippen LogP contribution in [0.1, 0.15) is 40.2 Å². The zero-order valence-corrected chi connectivity index (χ0v) is 17.6. The first-order chi connectivity index (χ1) is 13.4. The van der Waals surface area contributed by atoms with Gasteiger partial charge in [-0.05, 0) is 63.3 Å². The van der Waals surface area contributed by atoms with Crippen LogP contribution in [0.2, 0.25) is 0 Å². The molecule has 146 valence electrons. The van der Waals surface area contributed by atoms with E-state index in [4.69, 9.17) is 0 Å². The second-order valence-corrected chi connectivity index (χ2v) is 7.77. The number of nitrogens with zero attached hydrogens (tertiary/aromatic N) is 2. The normalized spacial score (nSPS) is 11.2. The number of fused-ring (bicyclic) bond motifs is 1. The molecule has 3 aromatic rings. The van der Waals surface area contributed by atoms with E-state index in [0.717, 1.165) is 17.8 Å². The van der Waals surface area contributed by atoms with Gasteiger partial charge in [0.2, 0.25) is 5.96 Å². The van der Waals surface area contributed by atoms with Crippen molar-refractivity contribution in [2.24, 2.45) is 0 Å². The van der Waals surface area contributed by atoms with E-state index < -0.39 is 0 Å². The number of benzene rings is 3. The monoisotopic (exact) mass is 373 g/mol. The summed E-state index contributed by atoms with van der Waals surface area (Å²) in [5, 5.41) is 11.6. The van der Waals surface area contributed by atoms with E-state index in [1.807, 2.05) is 0 Å². The molecule has 0 saturated heterocycles. The topological polar surface area (TPSA) is 30.3 Å². The lowest BCUT2D eigenvalue weighted by atomic mass is 10.1. The van der Waals surface area contributed by atoms with Crippen molar-refractivity contribution in [3.05, 3.63) is 72.3 Å². The summed E-state index contributed by atoms with van der Waals surface area (Å²) in [6.45, 7) is 10.8. The van der Waals surface area contributed by atoms with Crippen LogP contribution in [0.25, 0.3) is 10.8 Å². The van der Waals surface area contributed by atoms with Crippen LogP contribution in [-0.4, -0.2) is 18.0 Å². The van der Waals surface area contributed by atoms with Crippen molar-refractivity contribution < 1.29 is 0 Å². The van der Waals surface area contributed by atoms with Crippen LogP contribution < -0.4 is 9.80 Å². The summed E-state index contributed by atoms with van der Waals surface area (Å²) in [4.78, 5) is 4.27. The Labute approximate surface area is 169 Å². The van der Waals surface area contributed by atoms with Gasteiger partial charge in [-0.15, -0.1) is 0 Å². The third-order valence-corrected chi connectivity index (χ3v) is 5.11. The zero-order valence-electron chi connectivity index (χ0n) is 17.6. The molecule has 3 rings (SSSR count). The summed E-state index contributed by atoms with van der Waals surface area (Å²) in [5.41, 5.74) is 3.44. The average Bonchev–Trinajstić information content (AvgIpc) is 2.68. The zero-order chi connectivity index (χ0) is 20.3. The largest absolute Gasteiger partial charge is 0.310 e. The second kappa shape index (κ2) is 8.47. The molecule has 0 bridgehead atoms. The molecule has 1 N–H and O–H groups in total. The van der Waals surface area contributed by atoms with Crippen molar-refractivity contribution in [3.8, 4) is 0 Å². The van der Waals surface area contributed by atoms with Gasteiger partial charge >= 0.3 is 0 Å². The number of nitrogens with one attached hydrogen (secondary N) is 1. The molecule has 0 aliphatic carbocycles. The summed E-state index contributed by atoms with van der Waals surface area (Å²) in [5.74, 6) is 0.509. The predicted molar refractivity (Wildman–Crippen MR) is 123 cm³/mol. The lowest BCUT2D eigenvalue weighted by molar-refractivity contribution is 0.747. The number of hydrogen-bond donors (Lipinski definition) is 1. The van der Waals surface area contributed by atoms with Crippen LogP contribution in [0, 0.1) is 5.41 Å². The molecule has 3 aromatic carbocycles. The Morgan fingerprint density at radius 2 is 1.46 bits per heavy atom. The molecule has 3 heteroatoms. The molecular formula is C25H31N3. The van der Waals surface area contributed by atoms with Gasteiger partial charge in [0.25, 0.3) is 0 Å². The number of guanidine groups is 1. The Hall–Kier alpha value is -2.81. The molecule has 0 aromatic heterocycles. The molecule has 0 atom stereocenters. The quantitative estimate of drug-likeness (QED) is 0.410. The van der Waals surface area contributed by atoms with E-state index in [0.29, 0.717) is 5.96 Å².